The van der Waals surface area contributed by atoms with Crippen LogP contribution in [0.3, 0.4) is 0 Å². The Morgan fingerprint density at radius 2 is 1.71 bits per heavy atom. The van der Waals surface area contributed by atoms with E-state index in [9.17, 15) is 9.59 Å². The fourth-order valence-electron chi connectivity index (χ4n) is 2.17. The number of aromatic nitrogens is 1. The zero-order valence-electron chi connectivity index (χ0n) is 12.5. The van der Waals surface area contributed by atoms with Crippen LogP contribution in [0, 0.1) is 11.3 Å². The number of para-hydroxylation sites is 1. The molecular formula is C18H12N4O2. The summed E-state index contributed by atoms with van der Waals surface area (Å²) in [6.07, 6.45) is 0. The standard InChI is InChI=1S/C18H12N4O2/c19-11-12-4-3-6-14(10-12)17(23)21-22-18(24)16-9-8-13-5-1-2-7-15(13)20-16/h1-10H,(H,21,23)(H,22,24). The van der Waals surface area contributed by atoms with Gasteiger partial charge in [0.05, 0.1) is 17.1 Å². The van der Waals surface area contributed by atoms with E-state index in [1.54, 1.807) is 36.4 Å². The van der Waals surface area contributed by atoms with E-state index in [4.69, 9.17) is 5.26 Å². The van der Waals surface area contributed by atoms with E-state index in [-0.39, 0.29) is 11.3 Å². The number of nitrogens with zero attached hydrogens (tertiary/aromatic N) is 2. The van der Waals surface area contributed by atoms with Crippen molar-refractivity contribution in [2.45, 2.75) is 0 Å². The van der Waals surface area contributed by atoms with Gasteiger partial charge in [-0.3, -0.25) is 20.4 Å². The molecule has 0 fully saturated rings. The number of benzene rings is 2. The summed E-state index contributed by atoms with van der Waals surface area (Å²) in [5, 5.41) is 9.76. The average molecular weight is 316 g/mol. The van der Waals surface area contributed by atoms with Crippen LogP contribution >= 0.6 is 0 Å². The Hall–Kier alpha value is -3.72. The fraction of sp³-hybridized carbons (Fsp3) is 0. The van der Waals surface area contributed by atoms with E-state index in [1.807, 2.05) is 24.3 Å². The van der Waals surface area contributed by atoms with Crippen molar-refractivity contribution in [2.24, 2.45) is 0 Å². The van der Waals surface area contributed by atoms with Crippen molar-refractivity contribution in [1.29, 1.82) is 5.26 Å². The molecule has 0 bridgehead atoms. The molecule has 24 heavy (non-hydrogen) atoms. The molecule has 0 aliphatic heterocycles. The summed E-state index contributed by atoms with van der Waals surface area (Å²) in [6, 6.07) is 18.9. The predicted molar refractivity (Wildman–Crippen MR) is 87.8 cm³/mol. The van der Waals surface area contributed by atoms with Gasteiger partial charge in [0.25, 0.3) is 11.8 Å². The number of hydrogen-bond donors (Lipinski definition) is 2. The van der Waals surface area contributed by atoms with Gasteiger partial charge in [0, 0.05) is 10.9 Å². The van der Waals surface area contributed by atoms with Gasteiger partial charge in [0.15, 0.2) is 0 Å². The van der Waals surface area contributed by atoms with Crippen LogP contribution in [0.2, 0.25) is 0 Å². The number of carbonyl (C=O) groups is 2. The molecule has 1 aromatic heterocycles. The highest BCUT2D eigenvalue weighted by molar-refractivity contribution is 5.99. The highest BCUT2D eigenvalue weighted by Gasteiger charge is 2.11. The molecule has 2 aromatic carbocycles. The third-order valence-corrected chi connectivity index (χ3v) is 3.37. The van der Waals surface area contributed by atoms with Gasteiger partial charge in [-0.15, -0.1) is 0 Å². The van der Waals surface area contributed by atoms with Crippen molar-refractivity contribution in [3.8, 4) is 6.07 Å². The maximum atomic E-state index is 12.1. The summed E-state index contributed by atoms with van der Waals surface area (Å²) in [5.74, 6) is -1.04. The Kier molecular flexibility index (Phi) is 4.17. The highest BCUT2D eigenvalue weighted by Crippen LogP contribution is 2.11. The largest absolute Gasteiger partial charge is 0.288 e. The van der Waals surface area contributed by atoms with Gasteiger partial charge in [-0.25, -0.2) is 4.98 Å². The van der Waals surface area contributed by atoms with E-state index in [0.29, 0.717) is 11.1 Å². The number of amides is 2. The molecule has 0 unspecified atom stereocenters. The molecule has 0 radical (unpaired) electrons. The topological polar surface area (TPSA) is 94.9 Å². The van der Waals surface area contributed by atoms with Crippen molar-refractivity contribution < 1.29 is 9.59 Å². The molecule has 6 heteroatoms. The second-order valence-electron chi connectivity index (χ2n) is 4.99. The third-order valence-electron chi connectivity index (χ3n) is 3.37. The molecule has 0 aliphatic carbocycles. The number of nitrogens with one attached hydrogen (secondary N) is 2. The number of pyridine rings is 1. The van der Waals surface area contributed by atoms with E-state index in [2.05, 4.69) is 15.8 Å². The number of rotatable bonds is 2. The molecule has 0 saturated carbocycles. The number of fused-ring (bicyclic) bond motifs is 1. The summed E-state index contributed by atoms with van der Waals surface area (Å²) in [6.45, 7) is 0. The molecule has 3 aromatic rings. The van der Waals surface area contributed by atoms with Gasteiger partial charge in [-0.1, -0.05) is 30.3 Å². The molecule has 2 amide bonds. The summed E-state index contributed by atoms with van der Waals surface area (Å²) >= 11 is 0. The normalized spacial score (nSPS) is 9.96. The van der Waals surface area contributed by atoms with Crippen molar-refractivity contribution >= 4 is 22.7 Å². The zero-order chi connectivity index (χ0) is 16.9. The molecule has 3 rings (SSSR count). The molecule has 0 aliphatic rings. The Bertz CT molecular complexity index is 976. The highest BCUT2D eigenvalue weighted by atomic mass is 16.2. The third kappa shape index (κ3) is 3.20. The SMILES string of the molecule is N#Cc1cccc(C(=O)NNC(=O)c2ccc3ccccc3n2)c1. The molecule has 0 spiro atoms. The molecule has 1 heterocycles. The Morgan fingerprint density at radius 3 is 2.54 bits per heavy atom. The Labute approximate surface area is 137 Å². The van der Waals surface area contributed by atoms with Crippen LogP contribution in [-0.2, 0) is 0 Å². The lowest BCUT2D eigenvalue weighted by Gasteiger charge is -2.07. The van der Waals surface area contributed by atoms with Crippen LogP contribution in [0.5, 0.6) is 0 Å². The number of hydrazine groups is 1. The maximum Gasteiger partial charge on any atom is 0.288 e. The minimum atomic E-state index is -0.523. The summed E-state index contributed by atoms with van der Waals surface area (Å²) in [7, 11) is 0. The number of nitriles is 1. The molecule has 0 saturated heterocycles. The minimum Gasteiger partial charge on any atom is -0.267 e. The van der Waals surface area contributed by atoms with Gasteiger partial charge < -0.3 is 0 Å². The number of carbonyl (C=O) groups excluding carboxylic acids is 2. The monoisotopic (exact) mass is 316 g/mol. The predicted octanol–water partition coefficient (Wildman–Crippen LogP) is 2.18. The zero-order valence-corrected chi connectivity index (χ0v) is 12.5. The van der Waals surface area contributed by atoms with Crippen LogP contribution in [0.4, 0.5) is 0 Å². The van der Waals surface area contributed by atoms with Crippen LogP contribution in [0.1, 0.15) is 26.4 Å². The average Bonchev–Trinajstić information content (AvgIpc) is 2.65. The van der Waals surface area contributed by atoms with Gasteiger partial charge in [0.1, 0.15) is 5.69 Å². The van der Waals surface area contributed by atoms with Crippen LogP contribution in [-0.4, -0.2) is 16.8 Å². The van der Waals surface area contributed by atoms with Gasteiger partial charge in [-0.05, 0) is 30.3 Å². The van der Waals surface area contributed by atoms with Crippen LogP contribution < -0.4 is 10.9 Å². The molecule has 116 valence electrons. The molecule has 0 atom stereocenters. The fourth-order valence-corrected chi connectivity index (χ4v) is 2.17. The molecule has 6 nitrogen and oxygen atoms in total. The minimum absolute atomic E-state index is 0.194. The Morgan fingerprint density at radius 1 is 0.917 bits per heavy atom. The summed E-state index contributed by atoms with van der Waals surface area (Å²) in [4.78, 5) is 28.4. The van der Waals surface area contributed by atoms with Gasteiger partial charge >= 0.3 is 0 Å². The quantitative estimate of drug-likeness (QED) is 0.708. The van der Waals surface area contributed by atoms with Gasteiger partial charge in [0.2, 0.25) is 0 Å². The lowest BCUT2D eigenvalue weighted by Crippen LogP contribution is -2.41. The smallest absolute Gasteiger partial charge is 0.267 e. The molecular weight excluding hydrogens is 304 g/mol. The lowest BCUT2D eigenvalue weighted by molar-refractivity contribution is 0.0844. The van der Waals surface area contributed by atoms with Crippen molar-refractivity contribution in [2.75, 3.05) is 0 Å². The van der Waals surface area contributed by atoms with Crippen molar-refractivity contribution in [3.05, 3.63) is 77.5 Å². The first-order valence-electron chi connectivity index (χ1n) is 7.14. The molecule has 2 N–H and O–H groups in total. The van der Waals surface area contributed by atoms with E-state index >= 15 is 0 Å². The van der Waals surface area contributed by atoms with E-state index in [1.165, 1.54) is 6.07 Å². The number of hydrogen-bond acceptors (Lipinski definition) is 4. The lowest BCUT2D eigenvalue weighted by atomic mass is 10.1. The van der Waals surface area contributed by atoms with Crippen molar-refractivity contribution in [3.63, 3.8) is 0 Å². The van der Waals surface area contributed by atoms with Crippen LogP contribution in [0.25, 0.3) is 10.9 Å². The van der Waals surface area contributed by atoms with E-state index < -0.39 is 11.8 Å². The van der Waals surface area contributed by atoms with Gasteiger partial charge in [-0.2, -0.15) is 5.26 Å². The maximum absolute atomic E-state index is 12.1. The van der Waals surface area contributed by atoms with E-state index in [0.717, 1.165) is 5.39 Å². The first kappa shape index (κ1) is 15.2. The first-order valence-corrected chi connectivity index (χ1v) is 7.14. The first-order chi connectivity index (χ1) is 11.7. The second kappa shape index (κ2) is 6.58. The Balaban J connectivity index is 1.70. The summed E-state index contributed by atoms with van der Waals surface area (Å²) in [5.41, 5.74) is 6.16. The van der Waals surface area contributed by atoms with Crippen molar-refractivity contribution in [1.82, 2.24) is 15.8 Å². The van der Waals surface area contributed by atoms with Crippen LogP contribution in [0.15, 0.2) is 60.7 Å². The summed E-state index contributed by atoms with van der Waals surface area (Å²) < 4.78 is 0. The second-order valence-corrected chi connectivity index (χ2v) is 4.99.